The van der Waals surface area contributed by atoms with E-state index in [0.717, 1.165) is 23.0 Å². The van der Waals surface area contributed by atoms with Gasteiger partial charge in [-0.2, -0.15) is 5.26 Å². The lowest BCUT2D eigenvalue weighted by atomic mass is 10.1. The second-order valence-electron chi connectivity index (χ2n) is 2.76. The first-order valence-corrected chi connectivity index (χ1v) is 4.12. The van der Waals surface area contributed by atoms with Crippen molar-refractivity contribution >= 4 is 11.0 Å². The number of nitrogens with zero attached hydrogens (tertiary/aromatic N) is 2. The van der Waals surface area contributed by atoms with Gasteiger partial charge >= 0.3 is 0 Å². The molecule has 0 aliphatic carbocycles. The molecule has 0 aliphatic rings. The fourth-order valence-corrected chi connectivity index (χ4v) is 1.39. The smallest absolute Gasteiger partial charge is 0.151 e. The second-order valence-corrected chi connectivity index (χ2v) is 2.76. The third-order valence-electron chi connectivity index (χ3n) is 2.05. The average Bonchev–Trinajstić information content (AvgIpc) is 2.60. The molecule has 0 spiro atoms. The molecule has 2 heterocycles. The van der Waals surface area contributed by atoms with Crippen molar-refractivity contribution in [3.05, 3.63) is 29.8 Å². The standard InChI is InChI=1S/C10H8N2O/c1-2-7-6-13-9-3-4-12-8(5-11)10(7)9/h3-4,6H,2H2,1H3. The summed E-state index contributed by atoms with van der Waals surface area (Å²) in [5.74, 6) is 0. The summed E-state index contributed by atoms with van der Waals surface area (Å²) in [5.41, 5.74) is 2.23. The van der Waals surface area contributed by atoms with Gasteiger partial charge in [0, 0.05) is 11.8 Å². The fourth-order valence-electron chi connectivity index (χ4n) is 1.39. The van der Waals surface area contributed by atoms with Gasteiger partial charge in [-0.05, 0) is 12.5 Å². The van der Waals surface area contributed by atoms with Crippen LogP contribution in [0.4, 0.5) is 0 Å². The van der Waals surface area contributed by atoms with Gasteiger partial charge in [-0.15, -0.1) is 0 Å². The van der Waals surface area contributed by atoms with Gasteiger partial charge < -0.3 is 4.42 Å². The van der Waals surface area contributed by atoms with E-state index in [0.29, 0.717) is 5.69 Å². The monoisotopic (exact) mass is 172 g/mol. The van der Waals surface area contributed by atoms with E-state index >= 15 is 0 Å². The first kappa shape index (κ1) is 7.81. The van der Waals surface area contributed by atoms with Crippen LogP contribution in [-0.4, -0.2) is 4.98 Å². The van der Waals surface area contributed by atoms with E-state index in [1.54, 1.807) is 18.5 Å². The molecule has 0 amide bonds. The molecule has 0 bridgehead atoms. The zero-order valence-electron chi connectivity index (χ0n) is 7.24. The number of rotatable bonds is 1. The molecule has 64 valence electrons. The van der Waals surface area contributed by atoms with Crippen LogP contribution in [0.1, 0.15) is 18.2 Å². The van der Waals surface area contributed by atoms with Crippen molar-refractivity contribution in [2.45, 2.75) is 13.3 Å². The molecule has 0 aromatic carbocycles. The summed E-state index contributed by atoms with van der Waals surface area (Å²) in [7, 11) is 0. The molecular formula is C10H8N2O. The minimum absolute atomic E-state index is 0.447. The maximum atomic E-state index is 8.82. The highest BCUT2D eigenvalue weighted by Crippen LogP contribution is 2.23. The van der Waals surface area contributed by atoms with Crippen LogP contribution in [0.15, 0.2) is 22.9 Å². The van der Waals surface area contributed by atoms with Crippen LogP contribution < -0.4 is 0 Å². The van der Waals surface area contributed by atoms with E-state index in [-0.39, 0.29) is 0 Å². The van der Waals surface area contributed by atoms with Gasteiger partial charge in [0.05, 0.1) is 11.6 Å². The number of hydrogen-bond acceptors (Lipinski definition) is 3. The summed E-state index contributed by atoms with van der Waals surface area (Å²) in [5, 5.41) is 9.67. The zero-order chi connectivity index (χ0) is 9.26. The molecule has 2 aromatic heterocycles. The fraction of sp³-hybridized carbons (Fsp3) is 0.200. The molecule has 0 radical (unpaired) electrons. The predicted molar refractivity (Wildman–Crippen MR) is 48.1 cm³/mol. The predicted octanol–water partition coefficient (Wildman–Crippen LogP) is 2.26. The van der Waals surface area contributed by atoms with E-state index in [1.807, 2.05) is 6.92 Å². The highest BCUT2D eigenvalue weighted by Gasteiger charge is 2.09. The van der Waals surface area contributed by atoms with Crippen molar-refractivity contribution in [1.82, 2.24) is 4.98 Å². The lowest BCUT2D eigenvalue weighted by Gasteiger charge is -1.92. The minimum atomic E-state index is 0.447. The number of nitriles is 1. The summed E-state index contributed by atoms with van der Waals surface area (Å²) in [6.07, 6.45) is 4.13. The van der Waals surface area contributed by atoms with Crippen molar-refractivity contribution in [1.29, 1.82) is 5.26 Å². The Morgan fingerprint density at radius 2 is 2.46 bits per heavy atom. The van der Waals surface area contributed by atoms with E-state index in [1.165, 1.54) is 0 Å². The van der Waals surface area contributed by atoms with E-state index in [4.69, 9.17) is 9.68 Å². The quantitative estimate of drug-likeness (QED) is 0.662. The van der Waals surface area contributed by atoms with Crippen molar-refractivity contribution < 1.29 is 4.42 Å². The van der Waals surface area contributed by atoms with Crippen LogP contribution in [-0.2, 0) is 6.42 Å². The average molecular weight is 172 g/mol. The molecule has 2 rings (SSSR count). The van der Waals surface area contributed by atoms with Crippen molar-refractivity contribution in [2.24, 2.45) is 0 Å². The van der Waals surface area contributed by atoms with Crippen LogP contribution in [0.5, 0.6) is 0 Å². The third kappa shape index (κ3) is 1.07. The molecule has 2 aromatic rings. The summed E-state index contributed by atoms with van der Waals surface area (Å²) in [6.45, 7) is 2.03. The van der Waals surface area contributed by atoms with Gasteiger partial charge in [-0.25, -0.2) is 4.98 Å². The Morgan fingerprint density at radius 1 is 1.62 bits per heavy atom. The summed E-state index contributed by atoms with van der Waals surface area (Å²) >= 11 is 0. The molecule has 0 aliphatic heterocycles. The van der Waals surface area contributed by atoms with Gasteiger partial charge in [0.15, 0.2) is 5.69 Å². The second kappa shape index (κ2) is 2.91. The molecule has 0 saturated carbocycles. The molecule has 3 nitrogen and oxygen atoms in total. The largest absolute Gasteiger partial charge is 0.464 e. The van der Waals surface area contributed by atoms with Gasteiger partial charge in [0.1, 0.15) is 11.7 Å². The Hall–Kier alpha value is -1.82. The van der Waals surface area contributed by atoms with Gasteiger partial charge in [0.2, 0.25) is 0 Å². The summed E-state index contributed by atoms with van der Waals surface area (Å²) in [4.78, 5) is 3.99. The zero-order valence-corrected chi connectivity index (χ0v) is 7.24. The van der Waals surface area contributed by atoms with Gasteiger partial charge in [-0.3, -0.25) is 0 Å². The number of aryl methyl sites for hydroxylation is 1. The molecule has 0 unspecified atom stereocenters. The highest BCUT2D eigenvalue weighted by atomic mass is 16.3. The Morgan fingerprint density at radius 3 is 3.15 bits per heavy atom. The number of fused-ring (bicyclic) bond motifs is 1. The summed E-state index contributed by atoms with van der Waals surface area (Å²) in [6, 6.07) is 3.83. The molecule has 0 saturated heterocycles. The topological polar surface area (TPSA) is 49.8 Å². The third-order valence-corrected chi connectivity index (χ3v) is 2.05. The molecule has 0 fully saturated rings. The minimum Gasteiger partial charge on any atom is -0.464 e. The van der Waals surface area contributed by atoms with E-state index < -0.39 is 0 Å². The maximum Gasteiger partial charge on any atom is 0.151 e. The van der Waals surface area contributed by atoms with Crippen molar-refractivity contribution in [3.63, 3.8) is 0 Å². The van der Waals surface area contributed by atoms with Gasteiger partial charge in [0.25, 0.3) is 0 Å². The summed E-state index contributed by atoms with van der Waals surface area (Å²) < 4.78 is 5.29. The Labute approximate surface area is 75.6 Å². The van der Waals surface area contributed by atoms with Crippen LogP contribution in [0.3, 0.4) is 0 Å². The number of furan rings is 1. The highest BCUT2D eigenvalue weighted by molar-refractivity contribution is 5.85. The molecule has 0 atom stereocenters. The first-order chi connectivity index (χ1) is 6.36. The SMILES string of the molecule is CCc1coc2ccnc(C#N)c12. The molecular weight excluding hydrogens is 164 g/mol. The molecule has 13 heavy (non-hydrogen) atoms. The van der Waals surface area contributed by atoms with Crippen LogP contribution >= 0.6 is 0 Å². The Kier molecular flexibility index (Phi) is 1.75. The lowest BCUT2D eigenvalue weighted by Crippen LogP contribution is -1.84. The van der Waals surface area contributed by atoms with Gasteiger partial charge in [-0.1, -0.05) is 6.92 Å². The van der Waals surface area contributed by atoms with Crippen LogP contribution in [0.25, 0.3) is 11.0 Å². The maximum absolute atomic E-state index is 8.82. The van der Waals surface area contributed by atoms with Crippen LogP contribution in [0, 0.1) is 11.3 Å². The number of aromatic nitrogens is 1. The number of pyridine rings is 1. The van der Waals surface area contributed by atoms with Crippen LogP contribution in [0.2, 0.25) is 0 Å². The Bertz CT molecular complexity index is 479. The number of hydrogen-bond donors (Lipinski definition) is 0. The lowest BCUT2D eigenvalue weighted by molar-refractivity contribution is 0.611. The first-order valence-electron chi connectivity index (χ1n) is 4.12. The van der Waals surface area contributed by atoms with E-state index in [2.05, 4.69) is 11.1 Å². The van der Waals surface area contributed by atoms with Crippen molar-refractivity contribution in [2.75, 3.05) is 0 Å². The molecule has 0 N–H and O–H groups in total. The Balaban J connectivity index is 2.85. The van der Waals surface area contributed by atoms with Crippen molar-refractivity contribution in [3.8, 4) is 6.07 Å². The normalized spacial score (nSPS) is 10.2. The molecule has 3 heteroatoms. The van der Waals surface area contributed by atoms with E-state index in [9.17, 15) is 0 Å².